The summed E-state index contributed by atoms with van der Waals surface area (Å²) in [6.45, 7) is 2.02. The SMILES string of the molecule is COC(=O)C(CCSC)NC(=O)c1ccc(CCC(=O)N(C)C2CCCCC2)cc1-c1ccccc1C. The molecule has 7 heteroatoms. The van der Waals surface area contributed by atoms with E-state index in [1.165, 1.54) is 26.4 Å². The Morgan fingerprint density at radius 1 is 1.08 bits per heavy atom. The van der Waals surface area contributed by atoms with Gasteiger partial charge in [-0.25, -0.2) is 4.79 Å². The molecule has 0 spiro atoms. The standard InChI is InChI=1S/C30H40N2O4S/c1-21-10-8-9-13-24(21)26-20-22(15-17-28(33)32(2)23-11-6-5-7-12-23)14-16-25(26)29(34)31-27(18-19-37-4)30(35)36-3/h8-10,13-14,16,20,23,27H,5-7,11-12,15,17-19H2,1-4H3,(H,31,34). The molecular formula is C30H40N2O4S. The zero-order valence-corrected chi connectivity index (χ0v) is 23.4. The molecule has 0 saturated heterocycles. The molecule has 3 rings (SSSR count). The van der Waals surface area contributed by atoms with Crippen molar-refractivity contribution in [2.45, 2.75) is 70.4 Å². The molecule has 0 radical (unpaired) electrons. The van der Waals surface area contributed by atoms with Crippen LogP contribution >= 0.6 is 11.8 Å². The van der Waals surface area contributed by atoms with Crippen LogP contribution in [0.3, 0.4) is 0 Å². The minimum absolute atomic E-state index is 0.167. The fourth-order valence-corrected chi connectivity index (χ4v) is 5.48. The summed E-state index contributed by atoms with van der Waals surface area (Å²) < 4.78 is 4.92. The molecule has 0 aliphatic heterocycles. The highest BCUT2D eigenvalue weighted by molar-refractivity contribution is 7.98. The number of esters is 1. The van der Waals surface area contributed by atoms with Crippen molar-refractivity contribution in [3.05, 3.63) is 59.2 Å². The van der Waals surface area contributed by atoms with Crippen LogP contribution in [0.2, 0.25) is 0 Å². The van der Waals surface area contributed by atoms with Gasteiger partial charge >= 0.3 is 5.97 Å². The van der Waals surface area contributed by atoms with Gasteiger partial charge in [-0.15, -0.1) is 0 Å². The van der Waals surface area contributed by atoms with E-state index in [9.17, 15) is 14.4 Å². The van der Waals surface area contributed by atoms with Gasteiger partial charge in [0.15, 0.2) is 0 Å². The van der Waals surface area contributed by atoms with Crippen molar-refractivity contribution in [3.63, 3.8) is 0 Å². The molecule has 2 amide bonds. The highest BCUT2D eigenvalue weighted by atomic mass is 32.2. The van der Waals surface area contributed by atoms with E-state index in [0.717, 1.165) is 40.8 Å². The van der Waals surface area contributed by atoms with Crippen LogP contribution in [0.4, 0.5) is 0 Å². The smallest absolute Gasteiger partial charge is 0.328 e. The van der Waals surface area contributed by atoms with Gasteiger partial charge in [0.05, 0.1) is 7.11 Å². The Labute approximate surface area is 225 Å². The Kier molecular flexibility index (Phi) is 11.1. The van der Waals surface area contributed by atoms with Crippen molar-refractivity contribution in [1.82, 2.24) is 10.2 Å². The number of hydrogen-bond acceptors (Lipinski definition) is 5. The van der Waals surface area contributed by atoms with Crippen molar-refractivity contribution < 1.29 is 19.1 Å². The third kappa shape index (κ3) is 7.84. The predicted octanol–water partition coefficient (Wildman–Crippen LogP) is 5.41. The summed E-state index contributed by atoms with van der Waals surface area (Å²) in [4.78, 5) is 40.5. The molecule has 1 atom stereocenters. The second-order valence-electron chi connectivity index (χ2n) is 9.82. The van der Waals surface area contributed by atoms with E-state index >= 15 is 0 Å². The number of nitrogens with one attached hydrogen (secondary N) is 1. The summed E-state index contributed by atoms with van der Waals surface area (Å²) in [5.74, 6) is 0.139. The van der Waals surface area contributed by atoms with Crippen LogP contribution in [0.25, 0.3) is 11.1 Å². The lowest BCUT2D eigenvalue weighted by Crippen LogP contribution is -2.42. The first-order chi connectivity index (χ1) is 17.8. The maximum atomic E-state index is 13.4. The first-order valence-corrected chi connectivity index (χ1v) is 14.6. The quantitative estimate of drug-likeness (QED) is 0.398. The molecule has 0 aromatic heterocycles. The number of methoxy groups -OCH3 is 1. The van der Waals surface area contributed by atoms with Crippen molar-refractivity contribution in [1.29, 1.82) is 0 Å². The minimum Gasteiger partial charge on any atom is -0.467 e. The number of rotatable bonds is 11. The maximum Gasteiger partial charge on any atom is 0.328 e. The number of carbonyl (C=O) groups excluding carboxylic acids is 3. The highest BCUT2D eigenvalue weighted by Gasteiger charge is 2.25. The fraction of sp³-hybridized carbons (Fsp3) is 0.500. The Morgan fingerprint density at radius 3 is 2.49 bits per heavy atom. The van der Waals surface area contributed by atoms with Gasteiger partial charge in [-0.1, -0.05) is 55.7 Å². The molecule has 0 bridgehead atoms. The van der Waals surface area contributed by atoms with E-state index in [1.54, 1.807) is 11.8 Å². The van der Waals surface area contributed by atoms with Gasteiger partial charge in [0.1, 0.15) is 6.04 Å². The molecule has 1 fully saturated rings. The second kappa shape index (κ2) is 14.2. The average Bonchev–Trinajstić information content (AvgIpc) is 2.93. The van der Waals surface area contributed by atoms with Gasteiger partial charge in [0, 0.05) is 25.1 Å². The van der Waals surface area contributed by atoms with E-state index in [-0.39, 0.29) is 11.8 Å². The Bertz CT molecular complexity index is 1080. The third-order valence-corrected chi connectivity index (χ3v) is 7.95. The zero-order chi connectivity index (χ0) is 26.8. The number of nitrogens with zero attached hydrogens (tertiary/aromatic N) is 1. The number of hydrogen-bond donors (Lipinski definition) is 1. The number of amides is 2. The molecule has 2 aromatic carbocycles. The first kappa shape index (κ1) is 28.8. The molecule has 0 heterocycles. The van der Waals surface area contributed by atoms with E-state index in [1.807, 2.05) is 67.6 Å². The zero-order valence-electron chi connectivity index (χ0n) is 22.5. The van der Waals surface area contributed by atoms with E-state index < -0.39 is 12.0 Å². The molecule has 2 aromatic rings. The van der Waals surface area contributed by atoms with Gasteiger partial charge < -0.3 is 15.0 Å². The molecule has 1 saturated carbocycles. The number of benzene rings is 2. The molecule has 1 aliphatic rings. The second-order valence-corrected chi connectivity index (χ2v) is 10.8. The van der Waals surface area contributed by atoms with E-state index in [2.05, 4.69) is 5.32 Å². The number of carbonyl (C=O) groups is 3. The lowest BCUT2D eigenvalue weighted by atomic mass is 9.92. The number of thioether (sulfide) groups is 1. The van der Waals surface area contributed by atoms with Crippen molar-refractivity contribution in [2.24, 2.45) is 0 Å². The van der Waals surface area contributed by atoms with E-state index in [0.29, 0.717) is 30.9 Å². The largest absolute Gasteiger partial charge is 0.467 e. The lowest BCUT2D eigenvalue weighted by Gasteiger charge is -2.31. The van der Waals surface area contributed by atoms with Crippen LogP contribution in [0.15, 0.2) is 42.5 Å². The molecule has 1 unspecified atom stereocenters. The van der Waals surface area contributed by atoms with Crippen LogP contribution in [-0.2, 0) is 20.7 Å². The summed E-state index contributed by atoms with van der Waals surface area (Å²) in [5.41, 5.74) is 4.32. The Hall–Kier alpha value is -2.80. The summed E-state index contributed by atoms with van der Waals surface area (Å²) in [6.07, 6.45) is 9.33. The first-order valence-electron chi connectivity index (χ1n) is 13.2. The van der Waals surface area contributed by atoms with Crippen molar-refractivity contribution in [3.8, 4) is 11.1 Å². The molecule has 200 valence electrons. The summed E-state index contributed by atoms with van der Waals surface area (Å²) >= 11 is 1.61. The maximum absolute atomic E-state index is 13.4. The van der Waals surface area contributed by atoms with Crippen LogP contribution in [-0.4, -0.2) is 60.9 Å². The highest BCUT2D eigenvalue weighted by Crippen LogP contribution is 2.29. The summed E-state index contributed by atoms with van der Waals surface area (Å²) in [6, 6.07) is 13.3. The van der Waals surface area contributed by atoms with Crippen LogP contribution in [0.5, 0.6) is 0 Å². The number of aryl methyl sites for hydroxylation is 2. The number of ether oxygens (including phenoxy) is 1. The van der Waals surface area contributed by atoms with Gasteiger partial charge in [-0.3, -0.25) is 9.59 Å². The monoisotopic (exact) mass is 524 g/mol. The lowest BCUT2D eigenvalue weighted by molar-refractivity contribution is -0.143. The van der Waals surface area contributed by atoms with Gasteiger partial charge in [0.2, 0.25) is 5.91 Å². The molecule has 1 aliphatic carbocycles. The Balaban J connectivity index is 1.82. The fourth-order valence-electron chi connectivity index (χ4n) is 5.01. The van der Waals surface area contributed by atoms with Crippen LogP contribution in [0.1, 0.15) is 66.4 Å². The molecule has 37 heavy (non-hydrogen) atoms. The van der Waals surface area contributed by atoms with Crippen LogP contribution < -0.4 is 5.32 Å². The molecule has 6 nitrogen and oxygen atoms in total. The van der Waals surface area contributed by atoms with Crippen molar-refractivity contribution in [2.75, 3.05) is 26.2 Å². The van der Waals surface area contributed by atoms with Gasteiger partial charge in [-0.2, -0.15) is 11.8 Å². The normalized spacial score (nSPS) is 14.6. The summed E-state index contributed by atoms with van der Waals surface area (Å²) in [7, 11) is 3.26. The molecular weight excluding hydrogens is 484 g/mol. The van der Waals surface area contributed by atoms with Gasteiger partial charge in [0.25, 0.3) is 5.91 Å². The average molecular weight is 525 g/mol. The third-order valence-electron chi connectivity index (χ3n) is 7.31. The van der Waals surface area contributed by atoms with Crippen molar-refractivity contribution >= 4 is 29.5 Å². The summed E-state index contributed by atoms with van der Waals surface area (Å²) in [5, 5.41) is 2.88. The Morgan fingerprint density at radius 2 is 1.81 bits per heavy atom. The molecule has 1 N–H and O–H groups in total. The topological polar surface area (TPSA) is 75.7 Å². The minimum atomic E-state index is -0.706. The van der Waals surface area contributed by atoms with E-state index in [4.69, 9.17) is 4.74 Å². The van der Waals surface area contributed by atoms with Gasteiger partial charge in [-0.05, 0) is 72.9 Å². The van der Waals surface area contributed by atoms with Crippen LogP contribution in [0, 0.1) is 6.92 Å². The predicted molar refractivity (Wildman–Crippen MR) is 151 cm³/mol.